The molecule has 0 saturated heterocycles. The van der Waals surface area contributed by atoms with Gasteiger partial charge in [0.1, 0.15) is 5.75 Å². The molecule has 2 rings (SSSR count). The number of nitrogens with one attached hydrogen (secondary N) is 1. The van der Waals surface area contributed by atoms with Gasteiger partial charge in [-0.2, -0.15) is 8.78 Å². The van der Waals surface area contributed by atoms with E-state index in [1.165, 1.54) is 6.07 Å². The van der Waals surface area contributed by atoms with Crippen molar-refractivity contribution in [2.75, 3.05) is 6.54 Å². The number of rotatable bonds is 6. The highest BCUT2D eigenvalue weighted by atomic mass is 35.5. The third-order valence-electron chi connectivity index (χ3n) is 3.03. The molecule has 2 aromatic carbocycles. The molecule has 112 valence electrons. The standard InChI is InChI=1S/C16H16ClF2NO/c1-2-20-15(11-6-8-13(17)9-7-11)12-4-3-5-14(10-12)21-16(18)19/h3-10,15-16,20H,2H2,1H3. The zero-order chi connectivity index (χ0) is 15.2. The molecule has 0 amide bonds. The summed E-state index contributed by atoms with van der Waals surface area (Å²) in [5, 5.41) is 3.99. The molecule has 5 heteroatoms. The van der Waals surface area contributed by atoms with Crippen molar-refractivity contribution in [3.05, 3.63) is 64.7 Å². The summed E-state index contributed by atoms with van der Waals surface area (Å²) in [7, 11) is 0. The predicted molar refractivity (Wildman–Crippen MR) is 80.0 cm³/mol. The normalized spacial score (nSPS) is 12.4. The van der Waals surface area contributed by atoms with E-state index in [0.717, 1.165) is 17.7 Å². The fourth-order valence-corrected chi connectivity index (χ4v) is 2.28. The molecule has 2 nitrogen and oxygen atoms in total. The Morgan fingerprint density at radius 3 is 2.43 bits per heavy atom. The van der Waals surface area contributed by atoms with Crippen molar-refractivity contribution < 1.29 is 13.5 Å². The zero-order valence-electron chi connectivity index (χ0n) is 11.5. The summed E-state index contributed by atoms with van der Waals surface area (Å²) < 4.78 is 29.1. The molecule has 0 heterocycles. The van der Waals surface area contributed by atoms with E-state index in [2.05, 4.69) is 10.1 Å². The Hall–Kier alpha value is -1.65. The van der Waals surface area contributed by atoms with Crippen LogP contribution in [0, 0.1) is 0 Å². The van der Waals surface area contributed by atoms with Gasteiger partial charge in [-0.15, -0.1) is 0 Å². The number of halogens is 3. The summed E-state index contributed by atoms with van der Waals surface area (Å²) in [5.41, 5.74) is 1.87. The molecule has 1 unspecified atom stereocenters. The summed E-state index contributed by atoms with van der Waals surface area (Å²) in [5.74, 6) is 0.152. The van der Waals surface area contributed by atoms with E-state index in [1.807, 2.05) is 25.1 Å². The van der Waals surface area contributed by atoms with Gasteiger partial charge in [-0.25, -0.2) is 0 Å². The maximum Gasteiger partial charge on any atom is 0.387 e. The molecule has 0 radical (unpaired) electrons. The first-order valence-corrected chi connectivity index (χ1v) is 7.01. The fourth-order valence-electron chi connectivity index (χ4n) is 2.16. The highest BCUT2D eigenvalue weighted by Crippen LogP contribution is 2.26. The van der Waals surface area contributed by atoms with Crippen LogP contribution in [0.5, 0.6) is 5.75 Å². The third kappa shape index (κ3) is 4.41. The first-order valence-electron chi connectivity index (χ1n) is 6.63. The number of alkyl halides is 2. The van der Waals surface area contributed by atoms with Gasteiger partial charge >= 0.3 is 6.61 Å². The van der Waals surface area contributed by atoms with Crippen LogP contribution in [0.2, 0.25) is 5.02 Å². The lowest BCUT2D eigenvalue weighted by atomic mass is 9.98. The van der Waals surface area contributed by atoms with E-state index in [1.54, 1.807) is 24.3 Å². The SMILES string of the molecule is CCNC(c1ccc(Cl)cc1)c1cccc(OC(F)F)c1. The highest BCUT2D eigenvalue weighted by molar-refractivity contribution is 6.30. The predicted octanol–water partition coefficient (Wildman–Crippen LogP) is 4.64. The number of hydrogen-bond donors (Lipinski definition) is 1. The molecule has 0 bridgehead atoms. The van der Waals surface area contributed by atoms with Crippen molar-refractivity contribution in [2.45, 2.75) is 19.6 Å². The largest absolute Gasteiger partial charge is 0.435 e. The molecule has 0 spiro atoms. The maximum absolute atomic E-state index is 12.3. The smallest absolute Gasteiger partial charge is 0.387 e. The molecule has 0 saturated carbocycles. The minimum absolute atomic E-state index is 0.103. The van der Waals surface area contributed by atoms with Crippen LogP contribution < -0.4 is 10.1 Å². The second-order valence-electron chi connectivity index (χ2n) is 4.49. The van der Waals surface area contributed by atoms with Crippen LogP contribution in [-0.4, -0.2) is 13.2 Å². The van der Waals surface area contributed by atoms with Crippen LogP contribution in [0.25, 0.3) is 0 Å². The van der Waals surface area contributed by atoms with Gasteiger partial charge in [-0.3, -0.25) is 0 Å². The average Bonchev–Trinajstić information content (AvgIpc) is 2.45. The molecule has 0 aromatic heterocycles. The average molecular weight is 312 g/mol. The second kappa shape index (κ2) is 7.38. The van der Waals surface area contributed by atoms with Gasteiger partial charge in [0.25, 0.3) is 0 Å². The molecule has 0 fully saturated rings. The molecule has 21 heavy (non-hydrogen) atoms. The Morgan fingerprint density at radius 2 is 1.81 bits per heavy atom. The minimum Gasteiger partial charge on any atom is -0.435 e. The van der Waals surface area contributed by atoms with Gasteiger partial charge in [-0.1, -0.05) is 42.8 Å². The van der Waals surface area contributed by atoms with E-state index in [-0.39, 0.29) is 11.8 Å². The Bertz CT molecular complexity index is 575. The van der Waals surface area contributed by atoms with Crippen molar-refractivity contribution in [1.29, 1.82) is 0 Å². The summed E-state index contributed by atoms with van der Waals surface area (Å²) in [6.07, 6.45) is 0. The summed E-state index contributed by atoms with van der Waals surface area (Å²) in [6.45, 7) is -0.0938. The quantitative estimate of drug-likeness (QED) is 0.839. The molecular weight excluding hydrogens is 296 g/mol. The highest BCUT2D eigenvalue weighted by Gasteiger charge is 2.14. The Morgan fingerprint density at radius 1 is 1.10 bits per heavy atom. The van der Waals surface area contributed by atoms with E-state index < -0.39 is 6.61 Å². The first kappa shape index (κ1) is 15.7. The lowest BCUT2D eigenvalue weighted by Gasteiger charge is -2.20. The van der Waals surface area contributed by atoms with E-state index >= 15 is 0 Å². The molecule has 2 aromatic rings. The van der Waals surface area contributed by atoms with Crippen molar-refractivity contribution in [3.8, 4) is 5.75 Å². The number of hydrogen-bond acceptors (Lipinski definition) is 2. The van der Waals surface area contributed by atoms with Crippen molar-refractivity contribution in [3.63, 3.8) is 0 Å². The van der Waals surface area contributed by atoms with Gasteiger partial charge < -0.3 is 10.1 Å². The lowest BCUT2D eigenvalue weighted by Crippen LogP contribution is -2.22. The molecule has 1 N–H and O–H groups in total. The Kier molecular flexibility index (Phi) is 5.53. The van der Waals surface area contributed by atoms with Crippen LogP contribution in [0.1, 0.15) is 24.1 Å². The lowest BCUT2D eigenvalue weighted by molar-refractivity contribution is -0.0498. The minimum atomic E-state index is -2.83. The Labute approximate surface area is 127 Å². The Balaban J connectivity index is 2.31. The number of ether oxygens (including phenoxy) is 1. The van der Waals surface area contributed by atoms with Crippen LogP contribution in [0.4, 0.5) is 8.78 Å². The fraction of sp³-hybridized carbons (Fsp3) is 0.250. The van der Waals surface area contributed by atoms with E-state index in [4.69, 9.17) is 11.6 Å². The van der Waals surface area contributed by atoms with E-state index in [0.29, 0.717) is 5.02 Å². The number of benzene rings is 2. The first-order chi connectivity index (χ1) is 10.1. The maximum atomic E-state index is 12.3. The van der Waals surface area contributed by atoms with Crippen LogP contribution in [0.3, 0.4) is 0 Å². The monoisotopic (exact) mass is 311 g/mol. The van der Waals surface area contributed by atoms with Gasteiger partial charge in [-0.05, 0) is 41.9 Å². The van der Waals surface area contributed by atoms with Gasteiger partial charge in [0, 0.05) is 5.02 Å². The van der Waals surface area contributed by atoms with Crippen LogP contribution in [0.15, 0.2) is 48.5 Å². The second-order valence-corrected chi connectivity index (χ2v) is 4.93. The van der Waals surface area contributed by atoms with Crippen LogP contribution in [-0.2, 0) is 0 Å². The zero-order valence-corrected chi connectivity index (χ0v) is 12.3. The third-order valence-corrected chi connectivity index (χ3v) is 3.28. The topological polar surface area (TPSA) is 21.3 Å². The summed E-state index contributed by atoms with van der Waals surface area (Å²) in [4.78, 5) is 0. The van der Waals surface area contributed by atoms with Gasteiger partial charge in [0.15, 0.2) is 0 Å². The molecule has 0 aliphatic rings. The summed E-state index contributed by atoms with van der Waals surface area (Å²) in [6, 6.07) is 14.0. The van der Waals surface area contributed by atoms with Gasteiger partial charge in [0.2, 0.25) is 0 Å². The molecule has 0 aliphatic heterocycles. The van der Waals surface area contributed by atoms with Crippen molar-refractivity contribution in [1.82, 2.24) is 5.32 Å². The summed E-state index contributed by atoms with van der Waals surface area (Å²) >= 11 is 5.90. The molecule has 0 aliphatic carbocycles. The van der Waals surface area contributed by atoms with Crippen LogP contribution >= 0.6 is 11.6 Å². The van der Waals surface area contributed by atoms with Crippen molar-refractivity contribution >= 4 is 11.6 Å². The van der Waals surface area contributed by atoms with Gasteiger partial charge in [0.05, 0.1) is 6.04 Å². The molecule has 1 atom stereocenters. The van der Waals surface area contributed by atoms with E-state index in [9.17, 15) is 8.78 Å². The van der Waals surface area contributed by atoms with Crippen molar-refractivity contribution in [2.24, 2.45) is 0 Å². The molecular formula is C16H16ClF2NO.